The molecule has 2 aliphatic heterocycles. The van der Waals surface area contributed by atoms with Gasteiger partial charge < -0.3 is 45.7 Å². The average Bonchev–Trinajstić information content (AvgIpc) is 3.76. The number of H-pyrrole nitrogens is 1. The molecule has 6 rings (SSSR count). The number of hydrogen-bond acceptors (Lipinski definition) is 17. The van der Waals surface area contributed by atoms with Crippen LogP contribution in [0, 0.1) is 0 Å². The highest BCUT2D eigenvalue weighted by Gasteiger charge is 2.51. The zero-order valence-corrected chi connectivity index (χ0v) is 25.0. The summed E-state index contributed by atoms with van der Waals surface area (Å²) < 4.78 is 69.6. The fraction of sp³-hybridized carbons (Fsp3) is 0.524. The van der Waals surface area contributed by atoms with Gasteiger partial charge in [-0.15, -0.1) is 0 Å². The van der Waals surface area contributed by atoms with Crippen molar-refractivity contribution in [3.05, 3.63) is 29.3 Å². The molecule has 22 nitrogen and oxygen atoms in total. The van der Waals surface area contributed by atoms with Crippen LogP contribution >= 0.6 is 15.9 Å². The van der Waals surface area contributed by atoms with Gasteiger partial charge in [-0.2, -0.15) is 4.98 Å². The van der Waals surface area contributed by atoms with Crippen LogP contribution in [0.2, 0.25) is 0 Å². The summed E-state index contributed by atoms with van der Waals surface area (Å²) in [5, 5.41) is 20.5. The fourth-order valence-electron chi connectivity index (χ4n) is 5.16. The summed E-state index contributed by atoms with van der Waals surface area (Å²) in [7, 11) is -8.41. The lowest BCUT2D eigenvalue weighted by Crippen LogP contribution is -2.36. The SMILES string of the molecule is Nc1nc2c(ncn2[C@@H]2O[C@H](COP(=O)(O)OC3C(O)[C@@H](CO)O[C@H]3n3cnc4c(N)ncnc43)C(OC[PH](=O)O)C2F)c(=O)[nH]1. The Labute approximate surface area is 255 Å². The number of phosphoric ester groups is 1. The number of fused-ring (bicyclic) bond motifs is 2. The Morgan fingerprint density at radius 1 is 1.07 bits per heavy atom. The second kappa shape index (κ2) is 12.6. The highest BCUT2D eigenvalue weighted by atomic mass is 31.2. The van der Waals surface area contributed by atoms with E-state index in [1.165, 1.54) is 10.9 Å². The zero-order valence-electron chi connectivity index (χ0n) is 23.1. The van der Waals surface area contributed by atoms with E-state index in [-0.39, 0.29) is 34.1 Å². The lowest BCUT2D eigenvalue weighted by molar-refractivity contribution is -0.0647. The Morgan fingerprint density at radius 3 is 2.48 bits per heavy atom. The second-order valence-corrected chi connectivity index (χ2v) is 12.6. The molecule has 2 aliphatic rings. The predicted molar refractivity (Wildman–Crippen MR) is 150 cm³/mol. The van der Waals surface area contributed by atoms with Crippen molar-refractivity contribution in [1.29, 1.82) is 0 Å². The molecule has 2 fully saturated rings. The Morgan fingerprint density at radius 2 is 1.76 bits per heavy atom. The number of anilines is 2. The van der Waals surface area contributed by atoms with Crippen LogP contribution in [-0.2, 0) is 32.4 Å². The Hall–Kier alpha value is -3.47. The number of rotatable bonds is 11. The molecule has 0 aliphatic carbocycles. The second-order valence-electron chi connectivity index (χ2n) is 10.1. The van der Waals surface area contributed by atoms with Gasteiger partial charge >= 0.3 is 7.82 Å². The van der Waals surface area contributed by atoms with E-state index in [9.17, 15) is 33.9 Å². The van der Waals surface area contributed by atoms with Gasteiger partial charge in [0, 0.05) is 0 Å². The van der Waals surface area contributed by atoms with Gasteiger partial charge in [0.2, 0.25) is 14.0 Å². The molecule has 0 amide bonds. The molecule has 46 heavy (non-hydrogen) atoms. The topological polar surface area (TPSA) is 320 Å². The lowest BCUT2D eigenvalue weighted by Gasteiger charge is -2.25. The van der Waals surface area contributed by atoms with E-state index >= 15 is 4.39 Å². The van der Waals surface area contributed by atoms with Crippen molar-refractivity contribution in [3.8, 4) is 0 Å². The van der Waals surface area contributed by atoms with Crippen molar-refractivity contribution in [3.63, 3.8) is 0 Å². The largest absolute Gasteiger partial charge is 0.472 e. The maximum atomic E-state index is 15.8. The summed E-state index contributed by atoms with van der Waals surface area (Å²) in [5.74, 6) is -0.273. The Bertz CT molecular complexity index is 1880. The van der Waals surface area contributed by atoms with Gasteiger partial charge in [-0.1, -0.05) is 0 Å². The number of aliphatic hydroxyl groups is 2. The number of nitrogens with one attached hydrogen (secondary N) is 1. The van der Waals surface area contributed by atoms with Crippen molar-refractivity contribution in [1.82, 2.24) is 39.0 Å². The number of hydrogen-bond donors (Lipinski definition) is 7. The molecule has 2 saturated heterocycles. The first-order chi connectivity index (χ1) is 21.9. The summed E-state index contributed by atoms with van der Waals surface area (Å²) in [4.78, 5) is 54.2. The number of phosphoric acid groups is 1. The molecule has 6 heterocycles. The quantitative estimate of drug-likeness (QED) is 0.0829. The first kappa shape index (κ1) is 32.5. The molecule has 0 saturated carbocycles. The molecule has 0 spiro atoms. The van der Waals surface area contributed by atoms with Gasteiger partial charge in [0.05, 0.1) is 25.9 Å². The number of aromatic nitrogens is 8. The predicted octanol–water partition coefficient (Wildman–Crippen LogP) is -2.08. The molecule has 4 aromatic heterocycles. The molecule has 25 heteroatoms. The number of aliphatic hydroxyl groups excluding tert-OH is 2. The first-order valence-corrected chi connectivity index (χ1v) is 16.3. The van der Waals surface area contributed by atoms with E-state index in [4.69, 9.17) is 34.7 Å². The monoisotopic (exact) mass is 692 g/mol. The van der Waals surface area contributed by atoms with Crippen molar-refractivity contribution in [2.24, 2.45) is 0 Å². The van der Waals surface area contributed by atoms with E-state index < -0.39 is 90.1 Å². The highest BCUT2D eigenvalue weighted by molar-refractivity contribution is 7.47. The number of imidazole rings is 2. The average molecular weight is 692 g/mol. The molecule has 250 valence electrons. The van der Waals surface area contributed by atoms with Crippen molar-refractivity contribution in [2.75, 3.05) is 31.0 Å². The van der Waals surface area contributed by atoms with Gasteiger partial charge in [-0.05, 0) is 0 Å². The standard InChI is InChI=1S/C21H27FN10O12P2/c22-9-13(40-6-45(36)37)8(43-19(9)32-5-28-11-17(32)29-21(24)30-18(11)35)2-41-46(38,39)44-14-12(34)7(1-33)42-20(14)31-4-27-10-15(23)25-3-26-16(10)31/h3-5,7-9,12-14,19-20,33-34,45H,1-2,6H2,(H,36,37)(H,38,39)(H2,23,25,26)(H3,24,29,30,35)/t7-,8-,9?,12?,13?,14?,19-,20-/m1/s1. The number of aromatic amines is 1. The summed E-state index contributed by atoms with van der Waals surface area (Å²) in [6, 6.07) is 0. The van der Waals surface area contributed by atoms with Crippen LogP contribution in [0.1, 0.15) is 12.5 Å². The summed E-state index contributed by atoms with van der Waals surface area (Å²) in [6.07, 6.45) is -10.1. The van der Waals surface area contributed by atoms with Gasteiger partial charge in [-0.3, -0.25) is 32.5 Å². The minimum atomic E-state index is -5.16. The summed E-state index contributed by atoms with van der Waals surface area (Å²) >= 11 is 0. The van der Waals surface area contributed by atoms with Gasteiger partial charge in [0.25, 0.3) is 5.56 Å². The smallest absolute Gasteiger partial charge is 0.394 e. The number of ether oxygens (including phenoxy) is 3. The van der Waals surface area contributed by atoms with Crippen LogP contribution in [0.25, 0.3) is 22.3 Å². The van der Waals surface area contributed by atoms with Crippen molar-refractivity contribution < 1.29 is 56.8 Å². The van der Waals surface area contributed by atoms with Gasteiger partial charge in [0.1, 0.15) is 48.7 Å². The Kier molecular flexibility index (Phi) is 8.91. The molecule has 9 N–H and O–H groups in total. The summed E-state index contributed by atoms with van der Waals surface area (Å²) in [5.41, 5.74) is 10.7. The molecular formula is C21H27FN10O12P2. The van der Waals surface area contributed by atoms with E-state index in [0.29, 0.717) is 0 Å². The molecule has 6 unspecified atom stereocenters. The molecule has 10 atom stereocenters. The summed E-state index contributed by atoms with van der Waals surface area (Å²) in [6.45, 7) is -1.57. The molecule has 0 bridgehead atoms. The number of halogens is 1. The van der Waals surface area contributed by atoms with Crippen LogP contribution in [0.15, 0.2) is 23.8 Å². The number of alkyl halides is 1. The van der Waals surface area contributed by atoms with Crippen LogP contribution in [0.5, 0.6) is 0 Å². The molecule has 0 aromatic carbocycles. The maximum Gasteiger partial charge on any atom is 0.472 e. The van der Waals surface area contributed by atoms with Crippen molar-refractivity contribution in [2.45, 2.75) is 49.1 Å². The van der Waals surface area contributed by atoms with E-state index in [1.54, 1.807) is 0 Å². The first-order valence-electron chi connectivity index (χ1n) is 13.3. The van der Waals surface area contributed by atoms with Gasteiger partial charge in [-0.25, -0.2) is 28.9 Å². The van der Waals surface area contributed by atoms with Crippen molar-refractivity contribution >= 4 is 49.9 Å². The van der Waals surface area contributed by atoms with E-state index in [2.05, 4.69) is 29.9 Å². The van der Waals surface area contributed by atoms with Crippen LogP contribution < -0.4 is 17.0 Å². The number of nitrogen functional groups attached to an aromatic ring is 2. The third-order valence-electron chi connectivity index (χ3n) is 7.20. The third-order valence-corrected chi connectivity index (χ3v) is 8.60. The number of nitrogens with two attached hydrogens (primary N) is 2. The van der Waals surface area contributed by atoms with Crippen LogP contribution in [0.3, 0.4) is 0 Å². The zero-order chi connectivity index (χ0) is 32.9. The maximum absolute atomic E-state index is 15.8. The minimum Gasteiger partial charge on any atom is -0.394 e. The van der Waals surface area contributed by atoms with Crippen LogP contribution in [-0.4, -0.2) is 115 Å². The van der Waals surface area contributed by atoms with E-state index in [1.807, 2.05) is 0 Å². The third kappa shape index (κ3) is 6.02. The fourth-order valence-corrected chi connectivity index (χ4v) is 6.43. The molecule has 0 radical (unpaired) electrons. The van der Waals surface area contributed by atoms with Gasteiger partial charge in [0.15, 0.2) is 41.3 Å². The van der Waals surface area contributed by atoms with Crippen LogP contribution in [0.4, 0.5) is 16.2 Å². The molecule has 4 aromatic rings. The number of nitrogens with zero attached hydrogens (tertiary/aromatic N) is 7. The van der Waals surface area contributed by atoms with E-state index in [0.717, 1.165) is 17.2 Å². The molecular weight excluding hydrogens is 665 g/mol. The Balaban J connectivity index is 1.22. The minimum absolute atomic E-state index is 0.0219. The highest BCUT2D eigenvalue weighted by Crippen LogP contribution is 2.50. The normalized spacial score (nSPS) is 30.3. The lowest BCUT2D eigenvalue weighted by atomic mass is 10.1.